The molecule has 0 radical (unpaired) electrons. The fraction of sp³-hybridized carbons (Fsp3) is 0.250. The number of anilines is 1. The Bertz CT molecular complexity index is 572. The van der Waals surface area contributed by atoms with Crippen LogP contribution in [0.1, 0.15) is 5.56 Å². The molecule has 2 aromatic carbocycles. The molecule has 0 heterocycles. The summed E-state index contributed by atoms with van der Waals surface area (Å²) in [5, 5.41) is 0. The smallest absolute Gasteiger partial charge is 0.122 e. The zero-order valence-electron chi connectivity index (χ0n) is 11.8. The molecule has 0 amide bonds. The molecule has 106 valence electrons. The Labute approximate surface area is 124 Å². The first-order valence-electron chi connectivity index (χ1n) is 6.45. The second-order valence-electron chi connectivity index (χ2n) is 4.37. The van der Waals surface area contributed by atoms with Crippen molar-refractivity contribution in [1.82, 2.24) is 0 Å². The fourth-order valence-corrected chi connectivity index (χ4v) is 2.61. The fourth-order valence-electron chi connectivity index (χ4n) is 1.79. The number of methoxy groups -OCH3 is 1. The molecule has 0 atom stereocenters. The molecule has 0 saturated heterocycles. The van der Waals surface area contributed by atoms with Gasteiger partial charge in [0.2, 0.25) is 0 Å². The van der Waals surface area contributed by atoms with Gasteiger partial charge >= 0.3 is 0 Å². The summed E-state index contributed by atoms with van der Waals surface area (Å²) < 4.78 is 11.0. The van der Waals surface area contributed by atoms with Crippen molar-refractivity contribution in [1.29, 1.82) is 0 Å². The van der Waals surface area contributed by atoms with Gasteiger partial charge in [-0.15, -0.1) is 11.8 Å². The van der Waals surface area contributed by atoms with E-state index in [-0.39, 0.29) is 0 Å². The van der Waals surface area contributed by atoms with Crippen LogP contribution in [0.2, 0.25) is 0 Å². The predicted octanol–water partition coefficient (Wildman–Crippen LogP) is 3.76. The molecule has 0 saturated carbocycles. The van der Waals surface area contributed by atoms with Gasteiger partial charge in [-0.1, -0.05) is 18.2 Å². The summed E-state index contributed by atoms with van der Waals surface area (Å²) in [7, 11) is 1.65. The van der Waals surface area contributed by atoms with Gasteiger partial charge in [-0.3, -0.25) is 0 Å². The van der Waals surface area contributed by atoms with Crippen molar-refractivity contribution in [2.24, 2.45) is 0 Å². The molecule has 0 aliphatic heterocycles. The summed E-state index contributed by atoms with van der Waals surface area (Å²) >= 11 is 1.67. The molecule has 0 aromatic heterocycles. The van der Waals surface area contributed by atoms with E-state index in [1.54, 1.807) is 18.9 Å². The topological polar surface area (TPSA) is 44.5 Å². The van der Waals surface area contributed by atoms with Crippen LogP contribution in [-0.4, -0.2) is 19.5 Å². The Morgan fingerprint density at radius 3 is 2.70 bits per heavy atom. The van der Waals surface area contributed by atoms with Crippen LogP contribution >= 0.6 is 11.8 Å². The number of nitrogens with two attached hydrogens (primary N) is 1. The maximum atomic E-state index is 5.94. The number of thioether (sulfide) groups is 1. The van der Waals surface area contributed by atoms with Gasteiger partial charge < -0.3 is 15.2 Å². The highest BCUT2D eigenvalue weighted by Gasteiger charge is 2.03. The molecule has 4 heteroatoms. The van der Waals surface area contributed by atoms with Crippen LogP contribution in [0.3, 0.4) is 0 Å². The molecule has 2 rings (SSSR count). The minimum atomic E-state index is 0.645. The highest BCUT2D eigenvalue weighted by Crippen LogP contribution is 2.29. The lowest BCUT2D eigenvalue weighted by atomic mass is 10.2. The first-order valence-corrected chi connectivity index (χ1v) is 7.44. The van der Waals surface area contributed by atoms with E-state index in [1.807, 2.05) is 49.4 Å². The summed E-state index contributed by atoms with van der Waals surface area (Å²) in [6.07, 6.45) is 0. The quantitative estimate of drug-likeness (QED) is 0.499. The van der Waals surface area contributed by atoms with E-state index in [4.69, 9.17) is 15.2 Å². The third kappa shape index (κ3) is 3.84. The number of para-hydroxylation sites is 1. The van der Waals surface area contributed by atoms with Crippen LogP contribution in [0.5, 0.6) is 11.5 Å². The normalized spacial score (nSPS) is 10.3. The number of ether oxygens (including phenoxy) is 2. The maximum absolute atomic E-state index is 5.94. The molecule has 2 N–H and O–H groups in total. The van der Waals surface area contributed by atoms with Gasteiger partial charge in [0.1, 0.15) is 11.5 Å². The average molecular weight is 289 g/mol. The third-order valence-corrected chi connectivity index (χ3v) is 3.95. The number of hydrogen-bond acceptors (Lipinski definition) is 4. The van der Waals surface area contributed by atoms with Gasteiger partial charge in [0, 0.05) is 16.3 Å². The van der Waals surface area contributed by atoms with Crippen molar-refractivity contribution in [2.75, 3.05) is 25.2 Å². The van der Waals surface area contributed by atoms with Gasteiger partial charge in [0.05, 0.1) is 13.7 Å². The summed E-state index contributed by atoms with van der Waals surface area (Å²) in [5.41, 5.74) is 7.87. The average Bonchev–Trinajstić information content (AvgIpc) is 2.47. The first kappa shape index (κ1) is 14.6. The number of aryl methyl sites for hydroxylation is 1. The zero-order chi connectivity index (χ0) is 14.4. The van der Waals surface area contributed by atoms with Gasteiger partial charge in [-0.2, -0.15) is 0 Å². The van der Waals surface area contributed by atoms with E-state index < -0.39 is 0 Å². The summed E-state index contributed by atoms with van der Waals surface area (Å²) in [5.74, 6) is 2.60. The zero-order valence-corrected chi connectivity index (χ0v) is 12.6. The lowest BCUT2D eigenvalue weighted by Crippen LogP contribution is -2.01. The summed E-state index contributed by atoms with van der Waals surface area (Å²) in [6, 6.07) is 13.7. The molecular weight excluding hydrogens is 270 g/mol. The van der Waals surface area contributed by atoms with E-state index in [9.17, 15) is 0 Å². The van der Waals surface area contributed by atoms with Crippen LogP contribution in [-0.2, 0) is 0 Å². The Morgan fingerprint density at radius 1 is 1.15 bits per heavy atom. The molecule has 0 spiro atoms. The Balaban J connectivity index is 1.86. The molecule has 0 aliphatic carbocycles. The van der Waals surface area contributed by atoms with Gasteiger partial charge in [-0.05, 0) is 36.8 Å². The van der Waals surface area contributed by atoms with Crippen molar-refractivity contribution in [3.05, 3.63) is 48.0 Å². The van der Waals surface area contributed by atoms with E-state index >= 15 is 0 Å². The van der Waals surface area contributed by atoms with E-state index in [2.05, 4.69) is 0 Å². The van der Waals surface area contributed by atoms with E-state index in [1.165, 1.54) is 0 Å². The molecule has 0 fully saturated rings. The van der Waals surface area contributed by atoms with E-state index in [0.717, 1.165) is 33.4 Å². The van der Waals surface area contributed by atoms with E-state index in [0.29, 0.717) is 6.61 Å². The van der Waals surface area contributed by atoms with Crippen LogP contribution < -0.4 is 15.2 Å². The number of benzene rings is 2. The molecule has 0 unspecified atom stereocenters. The monoisotopic (exact) mass is 289 g/mol. The highest BCUT2D eigenvalue weighted by molar-refractivity contribution is 7.99. The van der Waals surface area contributed by atoms with Gasteiger partial charge in [0.25, 0.3) is 0 Å². The van der Waals surface area contributed by atoms with Crippen LogP contribution in [0, 0.1) is 6.92 Å². The molecule has 3 nitrogen and oxygen atoms in total. The lowest BCUT2D eigenvalue weighted by molar-refractivity contribution is 0.341. The van der Waals surface area contributed by atoms with Crippen molar-refractivity contribution in [3.8, 4) is 11.5 Å². The first-order chi connectivity index (χ1) is 9.70. The molecule has 20 heavy (non-hydrogen) atoms. The summed E-state index contributed by atoms with van der Waals surface area (Å²) in [4.78, 5) is 1.03. The van der Waals surface area contributed by atoms with Gasteiger partial charge in [0.15, 0.2) is 0 Å². The maximum Gasteiger partial charge on any atom is 0.122 e. The second kappa shape index (κ2) is 7.10. The molecular formula is C16H19NO2S. The number of hydrogen-bond donors (Lipinski definition) is 1. The van der Waals surface area contributed by atoms with Gasteiger partial charge in [-0.25, -0.2) is 0 Å². The van der Waals surface area contributed by atoms with Crippen LogP contribution in [0.15, 0.2) is 47.4 Å². The number of rotatable bonds is 6. The Morgan fingerprint density at radius 2 is 1.95 bits per heavy atom. The van der Waals surface area contributed by atoms with Crippen molar-refractivity contribution < 1.29 is 9.47 Å². The minimum Gasteiger partial charge on any atom is -0.497 e. The summed E-state index contributed by atoms with van der Waals surface area (Å²) in [6.45, 7) is 2.69. The van der Waals surface area contributed by atoms with Crippen molar-refractivity contribution >= 4 is 17.4 Å². The van der Waals surface area contributed by atoms with Crippen LogP contribution in [0.4, 0.5) is 5.69 Å². The largest absolute Gasteiger partial charge is 0.497 e. The third-order valence-electron chi connectivity index (χ3n) is 2.91. The Kier molecular flexibility index (Phi) is 5.18. The van der Waals surface area contributed by atoms with Crippen molar-refractivity contribution in [3.63, 3.8) is 0 Å². The standard InChI is InChI=1S/C16H19NO2S/c1-12-5-3-4-6-15(12)19-9-10-20-16-11-13(18-2)7-8-14(16)17/h3-8,11H,9-10,17H2,1-2H3. The molecule has 0 aliphatic rings. The Hall–Kier alpha value is -1.81. The minimum absolute atomic E-state index is 0.645. The van der Waals surface area contributed by atoms with Crippen molar-refractivity contribution in [2.45, 2.75) is 11.8 Å². The highest BCUT2D eigenvalue weighted by atomic mass is 32.2. The molecule has 0 bridgehead atoms. The predicted molar refractivity (Wildman–Crippen MR) is 84.8 cm³/mol. The second-order valence-corrected chi connectivity index (χ2v) is 5.50. The van der Waals surface area contributed by atoms with Crippen LogP contribution in [0.25, 0.3) is 0 Å². The lowest BCUT2D eigenvalue weighted by Gasteiger charge is -2.10. The SMILES string of the molecule is COc1ccc(N)c(SCCOc2ccccc2C)c1. The molecule has 2 aromatic rings. The number of nitrogen functional groups attached to an aromatic ring is 1.